The summed E-state index contributed by atoms with van der Waals surface area (Å²) >= 11 is 0. The molecule has 142 valence electrons. The molecule has 0 radical (unpaired) electrons. The summed E-state index contributed by atoms with van der Waals surface area (Å²) in [4.78, 5) is 29.0. The average molecular weight is 369 g/mol. The number of hydrogen-bond acceptors (Lipinski definition) is 4. The summed E-state index contributed by atoms with van der Waals surface area (Å²) in [5.74, 6) is 0.631. The van der Waals surface area contributed by atoms with E-state index in [2.05, 4.69) is 5.32 Å². The van der Waals surface area contributed by atoms with Crippen LogP contribution in [0.15, 0.2) is 53.1 Å². The lowest BCUT2D eigenvalue weighted by molar-refractivity contribution is -0.118. The molecule has 0 aliphatic carbocycles. The van der Waals surface area contributed by atoms with Crippen molar-refractivity contribution in [2.45, 2.75) is 31.5 Å². The monoisotopic (exact) mass is 369 g/mol. The highest BCUT2D eigenvalue weighted by Gasteiger charge is 2.40. The van der Waals surface area contributed by atoms with Gasteiger partial charge < -0.3 is 24.3 Å². The van der Waals surface area contributed by atoms with Crippen molar-refractivity contribution < 1.29 is 18.7 Å². The van der Waals surface area contributed by atoms with E-state index in [1.165, 1.54) is 0 Å². The summed E-state index contributed by atoms with van der Waals surface area (Å²) in [6.07, 6.45) is 1.90. The molecule has 27 heavy (non-hydrogen) atoms. The quantitative estimate of drug-likeness (QED) is 0.902. The van der Waals surface area contributed by atoms with Crippen molar-refractivity contribution in [1.29, 1.82) is 0 Å². The zero-order chi connectivity index (χ0) is 18.8. The number of morpholine rings is 1. The van der Waals surface area contributed by atoms with Crippen LogP contribution in [-0.2, 0) is 9.53 Å². The minimum absolute atomic E-state index is 0.0331. The fourth-order valence-electron chi connectivity index (χ4n) is 3.74. The molecular weight excluding hydrogens is 346 g/mol. The number of hydrogen-bond donors (Lipinski definition) is 1. The number of nitrogens with one attached hydrogen (secondary N) is 1. The zero-order valence-corrected chi connectivity index (χ0v) is 15.2. The number of rotatable bonds is 3. The Bertz CT molecular complexity index is 793. The van der Waals surface area contributed by atoms with E-state index in [1.54, 1.807) is 22.1 Å². The van der Waals surface area contributed by atoms with Crippen LogP contribution in [0.25, 0.3) is 0 Å². The van der Waals surface area contributed by atoms with Crippen molar-refractivity contribution >= 4 is 17.6 Å². The topological polar surface area (TPSA) is 75.0 Å². The second kappa shape index (κ2) is 7.44. The van der Waals surface area contributed by atoms with E-state index in [0.717, 1.165) is 5.69 Å². The lowest BCUT2D eigenvalue weighted by atomic mass is 10.2. The first-order chi connectivity index (χ1) is 13.1. The predicted molar refractivity (Wildman–Crippen MR) is 99.3 cm³/mol. The van der Waals surface area contributed by atoms with Crippen LogP contribution in [0.2, 0.25) is 0 Å². The first-order valence-electron chi connectivity index (χ1n) is 9.22. The summed E-state index contributed by atoms with van der Waals surface area (Å²) in [5, 5.41) is 2.90. The van der Waals surface area contributed by atoms with Crippen molar-refractivity contribution in [3.05, 3.63) is 54.5 Å². The standard InChI is InChI=1S/C20H23N3O4/c1-14-12-16(19(24)23(14)15-6-3-2-4-7-15)21-20(25)22-9-11-27-18(13-22)17-8-5-10-26-17/h2-8,10,14,16,18H,9,11-13H2,1H3,(H,21,25). The largest absolute Gasteiger partial charge is 0.467 e. The summed E-state index contributed by atoms with van der Waals surface area (Å²) in [6.45, 7) is 3.32. The molecule has 0 saturated carbocycles. The molecule has 3 atom stereocenters. The van der Waals surface area contributed by atoms with Gasteiger partial charge in [-0.05, 0) is 37.6 Å². The van der Waals surface area contributed by atoms with Gasteiger partial charge in [-0.15, -0.1) is 0 Å². The third kappa shape index (κ3) is 3.55. The van der Waals surface area contributed by atoms with Gasteiger partial charge in [0.15, 0.2) is 0 Å². The molecule has 0 bridgehead atoms. The number of amides is 3. The molecule has 7 nitrogen and oxygen atoms in total. The number of anilines is 1. The second-order valence-corrected chi connectivity index (χ2v) is 6.95. The Morgan fingerprint density at radius 2 is 2.00 bits per heavy atom. The van der Waals surface area contributed by atoms with Crippen LogP contribution in [0, 0.1) is 0 Å². The lowest BCUT2D eigenvalue weighted by Gasteiger charge is -2.32. The third-order valence-electron chi connectivity index (χ3n) is 5.10. The fraction of sp³-hybridized carbons (Fsp3) is 0.400. The summed E-state index contributed by atoms with van der Waals surface area (Å²) < 4.78 is 11.1. The van der Waals surface area contributed by atoms with Crippen molar-refractivity contribution in [1.82, 2.24) is 10.2 Å². The number of urea groups is 1. The van der Waals surface area contributed by atoms with Crippen molar-refractivity contribution in [3.8, 4) is 0 Å². The molecule has 0 spiro atoms. The molecule has 2 fully saturated rings. The van der Waals surface area contributed by atoms with E-state index < -0.39 is 6.04 Å². The maximum Gasteiger partial charge on any atom is 0.318 e. The number of carbonyl (C=O) groups excluding carboxylic acids is 2. The van der Waals surface area contributed by atoms with Crippen LogP contribution < -0.4 is 10.2 Å². The molecule has 2 aromatic rings. The fourth-order valence-corrected chi connectivity index (χ4v) is 3.74. The van der Waals surface area contributed by atoms with Gasteiger partial charge in [-0.3, -0.25) is 4.79 Å². The van der Waals surface area contributed by atoms with Crippen LogP contribution in [-0.4, -0.2) is 48.6 Å². The molecule has 1 aromatic carbocycles. The van der Waals surface area contributed by atoms with E-state index in [0.29, 0.717) is 31.9 Å². The molecule has 4 rings (SSSR count). The van der Waals surface area contributed by atoms with Crippen LogP contribution in [0.3, 0.4) is 0 Å². The van der Waals surface area contributed by atoms with Gasteiger partial charge >= 0.3 is 6.03 Å². The van der Waals surface area contributed by atoms with Gasteiger partial charge in [0.2, 0.25) is 5.91 Å². The maximum atomic E-state index is 12.8. The molecule has 2 aliphatic heterocycles. The molecule has 2 saturated heterocycles. The molecule has 3 heterocycles. The summed E-state index contributed by atoms with van der Waals surface area (Å²) in [5.41, 5.74) is 0.857. The first-order valence-corrected chi connectivity index (χ1v) is 9.22. The number of nitrogens with zero attached hydrogens (tertiary/aromatic N) is 2. The predicted octanol–water partition coefficient (Wildman–Crippen LogP) is 2.56. The molecule has 3 amide bonds. The first kappa shape index (κ1) is 17.6. The van der Waals surface area contributed by atoms with E-state index in [4.69, 9.17) is 9.15 Å². The molecule has 1 aromatic heterocycles. The molecule has 3 unspecified atom stereocenters. The van der Waals surface area contributed by atoms with Crippen LogP contribution in [0.5, 0.6) is 0 Å². The van der Waals surface area contributed by atoms with Crippen molar-refractivity contribution in [2.75, 3.05) is 24.6 Å². The smallest absolute Gasteiger partial charge is 0.318 e. The number of carbonyl (C=O) groups is 2. The minimum Gasteiger partial charge on any atom is -0.467 e. The summed E-state index contributed by atoms with van der Waals surface area (Å²) in [6, 6.07) is 12.5. The molecule has 7 heteroatoms. The zero-order valence-electron chi connectivity index (χ0n) is 15.2. The van der Waals surface area contributed by atoms with Crippen LogP contribution in [0.1, 0.15) is 25.2 Å². The van der Waals surface area contributed by atoms with Gasteiger partial charge in [-0.25, -0.2) is 4.79 Å². The van der Waals surface area contributed by atoms with Crippen molar-refractivity contribution in [3.63, 3.8) is 0 Å². The highest BCUT2D eigenvalue weighted by molar-refractivity contribution is 6.01. The number of benzene rings is 1. The van der Waals surface area contributed by atoms with Crippen LogP contribution in [0.4, 0.5) is 10.5 Å². The Labute approximate surface area is 157 Å². The van der Waals surface area contributed by atoms with E-state index >= 15 is 0 Å². The lowest BCUT2D eigenvalue weighted by Crippen LogP contribution is -2.51. The summed E-state index contributed by atoms with van der Waals surface area (Å²) in [7, 11) is 0. The van der Waals surface area contributed by atoms with Gasteiger partial charge in [0, 0.05) is 18.3 Å². The van der Waals surface area contributed by atoms with Gasteiger partial charge in [0.05, 0.1) is 19.4 Å². The van der Waals surface area contributed by atoms with Gasteiger partial charge in [-0.2, -0.15) is 0 Å². The normalized spacial score (nSPS) is 25.7. The van der Waals surface area contributed by atoms with E-state index in [1.807, 2.05) is 43.3 Å². The number of ether oxygens (including phenoxy) is 1. The van der Waals surface area contributed by atoms with Crippen molar-refractivity contribution in [2.24, 2.45) is 0 Å². The third-order valence-corrected chi connectivity index (χ3v) is 5.10. The van der Waals surface area contributed by atoms with E-state index in [-0.39, 0.29) is 24.1 Å². The Kier molecular flexibility index (Phi) is 4.85. The van der Waals surface area contributed by atoms with Gasteiger partial charge in [0.25, 0.3) is 0 Å². The average Bonchev–Trinajstić information content (AvgIpc) is 3.31. The Balaban J connectivity index is 1.40. The van der Waals surface area contributed by atoms with E-state index in [9.17, 15) is 9.59 Å². The Morgan fingerprint density at radius 1 is 1.19 bits per heavy atom. The Morgan fingerprint density at radius 3 is 2.74 bits per heavy atom. The number of para-hydroxylation sites is 1. The van der Waals surface area contributed by atoms with Crippen LogP contribution >= 0.6 is 0 Å². The molecule has 2 aliphatic rings. The second-order valence-electron chi connectivity index (χ2n) is 6.95. The minimum atomic E-state index is -0.516. The maximum absolute atomic E-state index is 12.8. The number of furan rings is 1. The Hall–Kier alpha value is -2.80. The van der Waals surface area contributed by atoms with Gasteiger partial charge in [-0.1, -0.05) is 18.2 Å². The van der Waals surface area contributed by atoms with Gasteiger partial charge in [0.1, 0.15) is 17.9 Å². The highest BCUT2D eigenvalue weighted by atomic mass is 16.5. The molecular formula is C20H23N3O4. The SMILES string of the molecule is CC1CC(NC(=O)N2CCOC(c3ccco3)C2)C(=O)N1c1ccccc1. The highest BCUT2D eigenvalue weighted by Crippen LogP contribution is 2.27. The molecule has 1 N–H and O–H groups in total.